The van der Waals surface area contributed by atoms with Gasteiger partial charge in [0.25, 0.3) is 5.56 Å². The lowest BCUT2D eigenvalue weighted by Gasteiger charge is -2.27. The second kappa shape index (κ2) is 9.76. The monoisotopic (exact) mass is 466 g/mol. The smallest absolute Gasteiger partial charge is 0.253 e. The van der Waals surface area contributed by atoms with Crippen LogP contribution in [0.1, 0.15) is 24.0 Å². The van der Waals surface area contributed by atoms with Gasteiger partial charge in [-0.2, -0.15) is 0 Å². The number of fused-ring (bicyclic) bond motifs is 2. The topological polar surface area (TPSA) is 88.7 Å². The zero-order valence-electron chi connectivity index (χ0n) is 18.2. The predicted molar refractivity (Wildman–Crippen MR) is 129 cm³/mol. The molecular weight excluding hydrogens is 440 g/mol. The van der Waals surface area contributed by atoms with E-state index in [0.29, 0.717) is 60.5 Å². The van der Waals surface area contributed by atoms with Gasteiger partial charge >= 0.3 is 0 Å². The number of aromatic nitrogens is 2. The van der Waals surface area contributed by atoms with Crippen molar-refractivity contribution in [3.8, 4) is 11.5 Å². The van der Waals surface area contributed by atoms with Crippen molar-refractivity contribution < 1.29 is 14.2 Å². The van der Waals surface area contributed by atoms with E-state index < -0.39 is 0 Å². The molecule has 1 atom stereocenters. The molecule has 3 aromatic rings. The minimum atomic E-state index is -0.155. The molecule has 2 aliphatic rings. The Bertz CT molecular complexity index is 1190. The normalized spacial score (nSPS) is 17.2. The fourth-order valence-corrected chi connectivity index (χ4v) is 4.35. The van der Waals surface area contributed by atoms with Crippen LogP contribution in [-0.4, -0.2) is 52.4 Å². The van der Waals surface area contributed by atoms with E-state index in [1.807, 2.05) is 41.4 Å². The van der Waals surface area contributed by atoms with E-state index in [-0.39, 0.29) is 11.7 Å². The third-order valence-electron chi connectivity index (χ3n) is 5.83. The van der Waals surface area contributed by atoms with Crippen molar-refractivity contribution in [3.05, 3.63) is 64.2 Å². The van der Waals surface area contributed by atoms with Crippen LogP contribution in [0.2, 0.25) is 0 Å². The van der Waals surface area contributed by atoms with Gasteiger partial charge in [0.15, 0.2) is 16.6 Å². The summed E-state index contributed by atoms with van der Waals surface area (Å²) in [5.74, 6) is 1.34. The van der Waals surface area contributed by atoms with Crippen molar-refractivity contribution in [3.63, 3.8) is 0 Å². The molecule has 0 spiro atoms. The maximum Gasteiger partial charge on any atom is 0.253 e. The highest BCUT2D eigenvalue weighted by Gasteiger charge is 2.19. The summed E-state index contributed by atoms with van der Waals surface area (Å²) in [6.45, 7) is 3.35. The first kappa shape index (κ1) is 21.7. The lowest BCUT2D eigenvalue weighted by molar-refractivity contribution is 0.113. The minimum absolute atomic E-state index is 0.155. The molecule has 0 radical (unpaired) electrons. The summed E-state index contributed by atoms with van der Waals surface area (Å²) >= 11 is 5.72. The van der Waals surface area contributed by atoms with Crippen LogP contribution < -0.4 is 20.3 Å². The van der Waals surface area contributed by atoms with Gasteiger partial charge in [0, 0.05) is 49.1 Å². The highest BCUT2D eigenvalue weighted by molar-refractivity contribution is 7.80. The molecule has 4 heterocycles. The number of aromatic amines is 1. The van der Waals surface area contributed by atoms with Crippen molar-refractivity contribution in [2.45, 2.75) is 32.0 Å². The highest BCUT2D eigenvalue weighted by Crippen LogP contribution is 2.33. The van der Waals surface area contributed by atoms with E-state index >= 15 is 0 Å². The van der Waals surface area contributed by atoms with E-state index in [2.05, 4.69) is 15.3 Å². The van der Waals surface area contributed by atoms with Gasteiger partial charge in [0.1, 0.15) is 13.2 Å². The number of pyridine rings is 2. The zero-order valence-corrected chi connectivity index (χ0v) is 19.0. The summed E-state index contributed by atoms with van der Waals surface area (Å²) < 4.78 is 17.0. The van der Waals surface area contributed by atoms with E-state index in [0.717, 1.165) is 30.4 Å². The van der Waals surface area contributed by atoms with Crippen LogP contribution in [0.25, 0.3) is 10.9 Å². The summed E-state index contributed by atoms with van der Waals surface area (Å²) in [6, 6.07) is 9.51. The SMILES string of the molecule is O=c1[nH]c2cc3c(cc2cc1CN(Cc1cccnc1)C(=S)NCC1CCCO1)OCCO3. The number of ether oxygens (including phenoxy) is 3. The Hall–Kier alpha value is -3.17. The van der Waals surface area contributed by atoms with Gasteiger partial charge in [-0.05, 0) is 48.8 Å². The summed E-state index contributed by atoms with van der Waals surface area (Å²) in [4.78, 5) is 22.1. The van der Waals surface area contributed by atoms with E-state index in [4.69, 9.17) is 26.4 Å². The molecule has 33 heavy (non-hydrogen) atoms. The molecule has 2 N–H and O–H groups in total. The molecule has 0 aliphatic carbocycles. The van der Waals surface area contributed by atoms with Gasteiger partial charge in [-0.3, -0.25) is 9.78 Å². The van der Waals surface area contributed by atoms with Gasteiger partial charge in [0.2, 0.25) is 0 Å². The predicted octanol–water partition coefficient (Wildman–Crippen LogP) is 2.75. The fraction of sp³-hybridized carbons (Fsp3) is 0.375. The molecule has 0 bridgehead atoms. The third kappa shape index (κ3) is 5.09. The van der Waals surface area contributed by atoms with Crippen LogP contribution in [0, 0.1) is 0 Å². The van der Waals surface area contributed by atoms with E-state index in [1.54, 1.807) is 6.20 Å². The third-order valence-corrected chi connectivity index (χ3v) is 6.24. The Morgan fingerprint density at radius 1 is 1.18 bits per heavy atom. The first-order valence-electron chi connectivity index (χ1n) is 11.1. The number of hydrogen-bond donors (Lipinski definition) is 2. The summed E-state index contributed by atoms with van der Waals surface area (Å²) in [5, 5.41) is 4.79. The molecule has 1 unspecified atom stereocenters. The van der Waals surface area contributed by atoms with Crippen molar-refractivity contribution >= 4 is 28.2 Å². The number of hydrogen-bond acceptors (Lipinski definition) is 6. The fourth-order valence-electron chi connectivity index (χ4n) is 4.14. The average Bonchev–Trinajstić information content (AvgIpc) is 3.36. The quantitative estimate of drug-likeness (QED) is 0.536. The Balaban J connectivity index is 1.40. The number of nitrogens with one attached hydrogen (secondary N) is 2. The lowest BCUT2D eigenvalue weighted by Crippen LogP contribution is -2.42. The molecule has 172 valence electrons. The molecule has 0 amide bonds. The van der Waals surface area contributed by atoms with E-state index in [1.165, 1.54) is 0 Å². The van der Waals surface area contributed by atoms with Crippen molar-refractivity contribution in [1.82, 2.24) is 20.2 Å². The lowest BCUT2D eigenvalue weighted by atomic mass is 10.1. The van der Waals surface area contributed by atoms with Crippen molar-refractivity contribution in [2.75, 3.05) is 26.4 Å². The maximum absolute atomic E-state index is 12.9. The molecule has 0 saturated carbocycles. The van der Waals surface area contributed by atoms with Gasteiger partial charge in [-0.1, -0.05) is 6.07 Å². The number of nitrogens with zero attached hydrogens (tertiary/aromatic N) is 2. The van der Waals surface area contributed by atoms with Crippen LogP contribution in [-0.2, 0) is 17.8 Å². The molecule has 1 aromatic carbocycles. The number of benzene rings is 1. The van der Waals surface area contributed by atoms with Gasteiger partial charge in [-0.25, -0.2) is 0 Å². The molecule has 5 rings (SSSR count). The van der Waals surface area contributed by atoms with Gasteiger partial charge < -0.3 is 29.4 Å². The first-order chi connectivity index (χ1) is 16.2. The van der Waals surface area contributed by atoms with E-state index in [9.17, 15) is 4.79 Å². The number of rotatable bonds is 6. The van der Waals surface area contributed by atoms with Crippen molar-refractivity contribution in [2.24, 2.45) is 0 Å². The van der Waals surface area contributed by atoms with Crippen LogP contribution in [0.5, 0.6) is 11.5 Å². The number of H-pyrrole nitrogens is 1. The Kier molecular flexibility index (Phi) is 6.41. The van der Waals surface area contributed by atoms with Crippen LogP contribution in [0.15, 0.2) is 47.5 Å². The standard InChI is InChI=1S/C24H26N4O4S/c29-23-18(9-17-10-21-22(11-20(17)27-23)32-8-7-31-21)15-28(14-16-3-1-5-25-12-16)24(33)26-13-19-4-2-6-30-19/h1,3,5,9-12,19H,2,4,6-8,13-15H2,(H,26,33)(H,27,29). The molecule has 2 aliphatic heterocycles. The maximum atomic E-state index is 12.9. The first-order valence-corrected chi connectivity index (χ1v) is 11.6. The highest BCUT2D eigenvalue weighted by atomic mass is 32.1. The van der Waals surface area contributed by atoms with Crippen LogP contribution >= 0.6 is 12.2 Å². The Labute approximate surface area is 196 Å². The van der Waals surface area contributed by atoms with Gasteiger partial charge in [0.05, 0.1) is 18.2 Å². The summed E-state index contributed by atoms with van der Waals surface area (Å²) in [5.41, 5.74) is 2.18. The minimum Gasteiger partial charge on any atom is -0.486 e. The molecular formula is C24H26N4O4S. The molecule has 8 nitrogen and oxygen atoms in total. The van der Waals surface area contributed by atoms with Crippen LogP contribution in [0.4, 0.5) is 0 Å². The molecule has 2 aromatic heterocycles. The van der Waals surface area contributed by atoms with Crippen molar-refractivity contribution in [1.29, 1.82) is 0 Å². The molecule has 9 heteroatoms. The zero-order chi connectivity index (χ0) is 22.6. The summed E-state index contributed by atoms with van der Waals surface area (Å²) in [7, 11) is 0. The number of thiocarbonyl (C=S) groups is 1. The second-order valence-electron chi connectivity index (χ2n) is 8.25. The Morgan fingerprint density at radius 3 is 2.79 bits per heavy atom. The largest absolute Gasteiger partial charge is 0.486 e. The molecule has 1 saturated heterocycles. The molecule has 1 fully saturated rings. The summed E-state index contributed by atoms with van der Waals surface area (Å²) in [6.07, 6.45) is 5.81. The average molecular weight is 467 g/mol. The Morgan fingerprint density at radius 2 is 2.03 bits per heavy atom. The van der Waals surface area contributed by atoms with Crippen LogP contribution in [0.3, 0.4) is 0 Å². The van der Waals surface area contributed by atoms with Gasteiger partial charge in [-0.15, -0.1) is 0 Å². The second-order valence-corrected chi connectivity index (χ2v) is 8.63.